The first-order valence-corrected chi connectivity index (χ1v) is 19.4. The normalized spacial score (nSPS) is 18.1. The molecule has 0 spiro atoms. The summed E-state index contributed by atoms with van der Waals surface area (Å²) in [7, 11) is -2.79. The molecule has 0 saturated carbocycles. The average molecular weight is 775 g/mol. The summed E-state index contributed by atoms with van der Waals surface area (Å²) in [5.41, 5.74) is 2.01. The molecule has 2 atom stereocenters. The van der Waals surface area contributed by atoms with Crippen molar-refractivity contribution < 1.29 is 37.1 Å². The summed E-state index contributed by atoms with van der Waals surface area (Å²) in [4.78, 5) is 56.0. The van der Waals surface area contributed by atoms with Gasteiger partial charge in [0, 0.05) is 38.7 Å². The number of nitrogens with two attached hydrogens (primary N) is 1. The minimum Gasteiger partial charge on any atom is -0.496 e. The molecule has 292 valence electrons. The lowest BCUT2D eigenvalue weighted by molar-refractivity contribution is -0.132. The van der Waals surface area contributed by atoms with Crippen molar-refractivity contribution in [2.75, 3.05) is 33.4 Å². The van der Waals surface area contributed by atoms with Crippen LogP contribution in [-0.4, -0.2) is 97.4 Å². The molecule has 3 aromatic carbocycles. The first-order chi connectivity index (χ1) is 26.3. The number of carbonyl (C=O) groups is 4. The molecule has 0 unspecified atom stereocenters. The highest BCUT2D eigenvalue weighted by Crippen LogP contribution is 2.24. The van der Waals surface area contributed by atoms with Crippen molar-refractivity contribution in [2.45, 2.75) is 56.6 Å². The lowest BCUT2D eigenvalue weighted by Gasteiger charge is -2.26. The van der Waals surface area contributed by atoms with Crippen LogP contribution in [0.25, 0.3) is 0 Å². The van der Waals surface area contributed by atoms with E-state index in [1.54, 1.807) is 49.0 Å². The molecule has 1 aromatic heterocycles. The van der Waals surface area contributed by atoms with E-state index in [0.29, 0.717) is 23.6 Å². The van der Waals surface area contributed by atoms with Crippen LogP contribution in [0.2, 0.25) is 0 Å². The topological polar surface area (TPSA) is 217 Å². The van der Waals surface area contributed by atoms with E-state index in [4.69, 9.17) is 14.6 Å². The summed E-state index contributed by atoms with van der Waals surface area (Å²) in [5.74, 6) is -1.62. The van der Waals surface area contributed by atoms with E-state index < -0.39 is 39.8 Å². The number of sulfonamides is 1. The zero-order chi connectivity index (χ0) is 39.5. The van der Waals surface area contributed by atoms with Gasteiger partial charge in [0.25, 0.3) is 5.91 Å². The number of amides is 4. The second kappa shape index (κ2) is 18.5. The Labute approximate surface area is 319 Å². The van der Waals surface area contributed by atoms with Crippen LogP contribution in [0.3, 0.4) is 0 Å². The van der Waals surface area contributed by atoms with Crippen LogP contribution >= 0.6 is 0 Å². The zero-order valence-corrected chi connectivity index (χ0v) is 31.8. The molecule has 5 N–H and O–H groups in total. The molecular weight excluding hydrogens is 729 g/mol. The van der Waals surface area contributed by atoms with Crippen LogP contribution in [0.15, 0.2) is 83.9 Å². The molecule has 4 bridgehead atoms. The highest BCUT2D eigenvalue weighted by atomic mass is 32.2. The molecule has 55 heavy (non-hydrogen) atoms. The van der Waals surface area contributed by atoms with Crippen molar-refractivity contribution >= 4 is 33.7 Å². The van der Waals surface area contributed by atoms with Crippen LogP contribution in [0.5, 0.6) is 11.5 Å². The van der Waals surface area contributed by atoms with Gasteiger partial charge in [-0.1, -0.05) is 61.5 Å². The number of primary sulfonamides is 1. The average Bonchev–Trinajstić information content (AvgIpc) is 3.61. The third-order valence-corrected chi connectivity index (χ3v) is 9.87. The second-order valence-electron chi connectivity index (χ2n) is 13.4. The van der Waals surface area contributed by atoms with Gasteiger partial charge in [-0.15, -0.1) is 5.10 Å². The molecule has 0 aliphatic carbocycles. The van der Waals surface area contributed by atoms with Gasteiger partial charge in [0.1, 0.15) is 30.2 Å². The number of rotatable bonds is 6. The fourth-order valence-electron chi connectivity index (χ4n) is 6.03. The molecule has 17 heteroatoms. The number of nitrogens with one attached hydrogen (secondary N) is 3. The summed E-state index contributed by atoms with van der Waals surface area (Å²) < 4.78 is 37.3. The molecular formula is C38H46N8O8S. The minimum absolute atomic E-state index is 0.00148. The van der Waals surface area contributed by atoms with Crippen molar-refractivity contribution in [1.82, 2.24) is 35.8 Å². The van der Waals surface area contributed by atoms with Crippen LogP contribution in [-0.2, 0) is 50.2 Å². The first-order valence-electron chi connectivity index (χ1n) is 17.8. The summed E-state index contributed by atoms with van der Waals surface area (Å²) in [6.07, 6.45) is 2.15. The number of nitrogens with zero attached hydrogens (tertiary/aromatic N) is 4. The standard InChI is InChI=1S/C38H46N8O8S/c1-25(2)35-37(49)41-32(21-26-8-5-4-6-9-26)36(48)40-15-17-45(38(50)31-23-30(55(39,51)52)12-13-33(31)53-3)16-14-28-24-46(44-43-28)18-19-54-29-11-7-10-27(20-29)22-34(47)42-35/h4-13,20,23-25,32,35H,14-19,21-22H2,1-3H3,(H,40,48)(H,41,49)(H,42,47)(H2,39,51,52)/t32-,35+/m0/s1. The summed E-state index contributed by atoms with van der Waals surface area (Å²) in [6.45, 7) is 4.28. The Hall–Kier alpha value is -5.81. The zero-order valence-electron chi connectivity index (χ0n) is 30.9. The quantitative estimate of drug-likeness (QED) is 0.220. The predicted octanol–water partition coefficient (Wildman–Crippen LogP) is 1.24. The van der Waals surface area contributed by atoms with E-state index in [-0.39, 0.29) is 73.5 Å². The third-order valence-electron chi connectivity index (χ3n) is 8.96. The third kappa shape index (κ3) is 11.3. The Balaban J connectivity index is 1.45. The maximum atomic E-state index is 14.1. The van der Waals surface area contributed by atoms with Crippen molar-refractivity contribution in [3.05, 3.63) is 101 Å². The molecule has 0 fully saturated rings. The Morgan fingerprint density at radius 2 is 1.76 bits per heavy atom. The van der Waals surface area contributed by atoms with Gasteiger partial charge in [-0.25, -0.2) is 18.2 Å². The van der Waals surface area contributed by atoms with Crippen LogP contribution in [0.4, 0.5) is 0 Å². The monoisotopic (exact) mass is 774 g/mol. The molecule has 1 aliphatic rings. The van der Waals surface area contributed by atoms with Gasteiger partial charge in [0.05, 0.1) is 36.2 Å². The van der Waals surface area contributed by atoms with Gasteiger partial charge in [0.15, 0.2) is 0 Å². The minimum atomic E-state index is -4.15. The van der Waals surface area contributed by atoms with Crippen LogP contribution in [0, 0.1) is 5.92 Å². The highest BCUT2D eigenvalue weighted by Gasteiger charge is 2.30. The van der Waals surface area contributed by atoms with E-state index in [9.17, 15) is 27.6 Å². The number of methoxy groups -OCH3 is 1. The number of benzene rings is 3. The summed E-state index contributed by atoms with van der Waals surface area (Å²) in [6, 6.07) is 18.0. The van der Waals surface area contributed by atoms with E-state index in [2.05, 4.69) is 26.3 Å². The van der Waals surface area contributed by atoms with Crippen molar-refractivity contribution in [2.24, 2.45) is 11.1 Å². The number of fused-ring (bicyclic) bond motifs is 4. The number of ether oxygens (including phenoxy) is 2. The van der Waals surface area contributed by atoms with Gasteiger partial charge in [-0.2, -0.15) is 0 Å². The Bertz CT molecular complexity index is 2090. The van der Waals surface area contributed by atoms with Crippen LogP contribution in [0.1, 0.15) is 41.0 Å². The molecule has 0 saturated heterocycles. The second-order valence-corrected chi connectivity index (χ2v) is 15.0. The maximum absolute atomic E-state index is 14.1. The number of aromatic nitrogens is 3. The molecule has 2 heterocycles. The molecule has 5 rings (SSSR count). The molecule has 1 aliphatic heterocycles. The molecule has 16 nitrogen and oxygen atoms in total. The van der Waals surface area contributed by atoms with Crippen LogP contribution < -0.4 is 30.6 Å². The van der Waals surface area contributed by atoms with E-state index in [1.807, 2.05) is 30.3 Å². The van der Waals surface area contributed by atoms with Gasteiger partial charge in [-0.05, 0) is 47.4 Å². The SMILES string of the molecule is COc1ccc(S(N)(=O)=O)cc1C(=O)N1CCNC(=O)[C@H](Cc2ccccc2)NC(=O)[C@@H](C(C)C)NC(=O)Cc2cccc(c2)OCCn2cc(nn2)CC1. The van der Waals surface area contributed by atoms with Crippen molar-refractivity contribution in [3.8, 4) is 11.5 Å². The lowest BCUT2D eigenvalue weighted by atomic mass is 10.0. The largest absolute Gasteiger partial charge is 0.496 e. The molecule has 4 amide bonds. The summed E-state index contributed by atoms with van der Waals surface area (Å²) >= 11 is 0. The Morgan fingerprint density at radius 3 is 2.49 bits per heavy atom. The van der Waals surface area contributed by atoms with Gasteiger partial charge < -0.3 is 30.3 Å². The fourth-order valence-corrected chi connectivity index (χ4v) is 6.57. The number of hydrogen-bond donors (Lipinski definition) is 4. The Morgan fingerprint density at radius 1 is 0.982 bits per heavy atom. The maximum Gasteiger partial charge on any atom is 0.257 e. The smallest absolute Gasteiger partial charge is 0.257 e. The predicted molar refractivity (Wildman–Crippen MR) is 201 cm³/mol. The van der Waals surface area contributed by atoms with Gasteiger partial charge in [0.2, 0.25) is 27.7 Å². The van der Waals surface area contributed by atoms with E-state index in [1.165, 1.54) is 24.1 Å². The van der Waals surface area contributed by atoms with E-state index >= 15 is 0 Å². The first kappa shape index (κ1) is 40.4. The Kier molecular flexibility index (Phi) is 13.6. The van der Waals surface area contributed by atoms with Crippen molar-refractivity contribution in [1.29, 1.82) is 0 Å². The van der Waals surface area contributed by atoms with Crippen molar-refractivity contribution in [3.63, 3.8) is 0 Å². The highest BCUT2D eigenvalue weighted by molar-refractivity contribution is 7.89. The summed E-state index contributed by atoms with van der Waals surface area (Å²) in [5, 5.41) is 22.3. The van der Waals surface area contributed by atoms with Gasteiger partial charge >= 0.3 is 0 Å². The molecule has 0 radical (unpaired) electrons. The lowest BCUT2D eigenvalue weighted by Crippen LogP contribution is -2.56. The molecule has 4 aromatic rings. The van der Waals surface area contributed by atoms with Gasteiger partial charge in [-0.3, -0.25) is 19.2 Å². The van der Waals surface area contributed by atoms with E-state index in [0.717, 1.165) is 11.6 Å². The number of carbonyl (C=O) groups excluding carboxylic acids is 4. The fraction of sp³-hybridized carbons (Fsp3) is 0.368. The number of hydrogen-bond acceptors (Lipinski definition) is 10.